The molecule has 0 saturated carbocycles. The van der Waals surface area contributed by atoms with Gasteiger partial charge < -0.3 is 20.1 Å². The number of carboxylic acid groups (broad SMARTS) is 1. The second-order valence-electron chi connectivity index (χ2n) is 7.16. The number of piperidine rings is 1. The van der Waals surface area contributed by atoms with E-state index in [1.54, 1.807) is 0 Å². The van der Waals surface area contributed by atoms with Crippen LogP contribution in [0.3, 0.4) is 0 Å². The predicted octanol–water partition coefficient (Wildman–Crippen LogP) is 2.48. The second-order valence-corrected chi connectivity index (χ2v) is 7.16. The largest absolute Gasteiger partial charge is 0.481 e. The van der Waals surface area contributed by atoms with Gasteiger partial charge in [-0.3, -0.25) is 4.79 Å². The molecule has 0 aromatic heterocycles. The fourth-order valence-electron chi connectivity index (χ4n) is 2.84. The maximum Gasteiger partial charge on any atom is 0.407 e. The average molecular weight is 314 g/mol. The van der Waals surface area contributed by atoms with Crippen LogP contribution >= 0.6 is 0 Å². The van der Waals surface area contributed by atoms with E-state index in [9.17, 15) is 9.59 Å². The molecule has 2 unspecified atom stereocenters. The number of unbranched alkanes of at least 4 members (excludes halogenated alkanes) is 1. The molecular weight excluding hydrogens is 284 g/mol. The molecule has 1 fully saturated rings. The van der Waals surface area contributed by atoms with Gasteiger partial charge in [-0.25, -0.2) is 4.79 Å². The van der Waals surface area contributed by atoms with E-state index >= 15 is 0 Å². The first-order valence-corrected chi connectivity index (χ1v) is 8.13. The van der Waals surface area contributed by atoms with Gasteiger partial charge in [0.05, 0.1) is 0 Å². The number of nitrogens with one attached hydrogen (secondary N) is 1. The van der Waals surface area contributed by atoms with E-state index in [2.05, 4.69) is 17.1 Å². The Morgan fingerprint density at radius 1 is 1.32 bits per heavy atom. The molecule has 1 aliphatic heterocycles. The smallest absolute Gasteiger partial charge is 0.407 e. The van der Waals surface area contributed by atoms with Crippen molar-refractivity contribution >= 4 is 12.1 Å². The molecule has 2 N–H and O–H groups in total. The van der Waals surface area contributed by atoms with Crippen molar-refractivity contribution in [1.29, 1.82) is 0 Å². The summed E-state index contributed by atoms with van der Waals surface area (Å²) in [6.07, 6.45) is 2.59. The van der Waals surface area contributed by atoms with Crippen molar-refractivity contribution in [3.63, 3.8) is 0 Å². The van der Waals surface area contributed by atoms with Crippen LogP contribution in [0.1, 0.15) is 53.4 Å². The van der Waals surface area contributed by atoms with Crippen LogP contribution in [0.15, 0.2) is 0 Å². The third-order valence-electron chi connectivity index (χ3n) is 3.62. The van der Waals surface area contributed by atoms with Crippen molar-refractivity contribution in [3.05, 3.63) is 0 Å². The molecule has 1 rings (SSSR count). The summed E-state index contributed by atoms with van der Waals surface area (Å²) in [7, 11) is 0. The first-order chi connectivity index (χ1) is 10.2. The summed E-state index contributed by atoms with van der Waals surface area (Å²) >= 11 is 0. The van der Waals surface area contributed by atoms with E-state index in [-0.39, 0.29) is 18.4 Å². The minimum absolute atomic E-state index is 0.0511. The third-order valence-corrected chi connectivity index (χ3v) is 3.62. The Morgan fingerprint density at radius 3 is 2.55 bits per heavy atom. The van der Waals surface area contributed by atoms with Crippen LogP contribution in [0.25, 0.3) is 0 Å². The van der Waals surface area contributed by atoms with Crippen molar-refractivity contribution in [3.8, 4) is 0 Å². The number of carbonyl (C=O) groups is 2. The topological polar surface area (TPSA) is 78.9 Å². The highest BCUT2D eigenvalue weighted by atomic mass is 16.6. The number of hydrogen-bond acceptors (Lipinski definition) is 4. The van der Waals surface area contributed by atoms with E-state index < -0.39 is 17.7 Å². The summed E-state index contributed by atoms with van der Waals surface area (Å²) in [6.45, 7) is 10.1. The maximum absolute atomic E-state index is 11.9. The number of alkyl carbamates (subject to hydrolysis) is 1. The predicted molar refractivity (Wildman–Crippen MR) is 84.9 cm³/mol. The zero-order chi connectivity index (χ0) is 16.8. The molecule has 1 saturated heterocycles. The Hall–Kier alpha value is -1.30. The molecule has 0 bridgehead atoms. The molecule has 0 aromatic carbocycles. The Bertz CT molecular complexity index is 379. The van der Waals surface area contributed by atoms with E-state index in [1.807, 2.05) is 20.8 Å². The van der Waals surface area contributed by atoms with Crippen LogP contribution in [0, 0.1) is 5.92 Å². The number of amides is 1. The molecule has 6 nitrogen and oxygen atoms in total. The molecule has 6 heteroatoms. The van der Waals surface area contributed by atoms with Gasteiger partial charge in [0.2, 0.25) is 0 Å². The number of rotatable bonds is 6. The molecule has 0 spiro atoms. The number of aliphatic carboxylic acids is 1. The monoisotopic (exact) mass is 314 g/mol. The molecule has 0 radical (unpaired) electrons. The summed E-state index contributed by atoms with van der Waals surface area (Å²) in [6, 6.07) is -0.0511. The Balaban J connectivity index is 2.58. The number of hydrogen-bond donors (Lipinski definition) is 2. The highest BCUT2D eigenvalue weighted by Gasteiger charge is 2.30. The summed E-state index contributed by atoms with van der Waals surface area (Å²) in [5.74, 6) is -0.707. The molecule has 0 aliphatic carbocycles. The van der Waals surface area contributed by atoms with Crippen molar-refractivity contribution < 1.29 is 19.4 Å². The van der Waals surface area contributed by atoms with Crippen LogP contribution in [0.5, 0.6) is 0 Å². The molecule has 1 amide bonds. The van der Waals surface area contributed by atoms with Crippen LogP contribution in [0.2, 0.25) is 0 Å². The average Bonchev–Trinajstić information content (AvgIpc) is 2.32. The number of ether oxygens (including phenoxy) is 1. The fourth-order valence-corrected chi connectivity index (χ4v) is 2.84. The zero-order valence-corrected chi connectivity index (χ0v) is 14.2. The van der Waals surface area contributed by atoms with Gasteiger partial charge in [0.1, 0.15) is 5.60 Å². The Labute approximate surface area is 133 Å². The van der Waals surface area contributed by atoms with Gasteiger partial charge in [-0.15, -0.1) is 0 Å². The number of carboxylic acids is 1. The van der Waals surface area contributed by atoms with Gasteiger partial charge in [-0.05, 0) is 46.1 Å². The van der Waals surface area contributed by atoms with E-state index in [0.717, 1.165) is 32.5 Å². The molecule has 128 valence electrons. The number of nitrogens with zero attached hydrogens (tertiary/aromatic N) is 1. The van der Waals surface area contributed by atoms with Gasteiger partial charge in [0, 0.05) is 25.6 Å². The Kier molecular flexibility index (Phi) is 7.13. The minimum Gasteiger partial charge on any atom is -0.481 e. The van der Waals surface area contributed by atoms with Crippen molar-refractivity contribution in [2.24, 2.45) is 5.92 Å². The summed E-state index contributed by atoms with van der Waals surface area (Å²) < 4.78 is 5.29. The molecule has 22 heavy (non-hydrogen) atoms. The van der Waals surface area contributed by atoms with Gasteiger partial charge in [0.25, 0.3) is 0 Å². The maximum atomic E-state index is 11.9. The van der Waals surface area contributed by atoms with Crippen LogP contribution < -0.4 is 5.32 Å². The van der Waals surface area contributed by atoms with E-state index in [1.165, 1.54) is 0 Å². The number of likely N-dealkylation sites (tertiary alicyclic amines) is 1. The minimum atomic E-state index is -0.779. The summed E-state index contributed by atoms with van der Waals surface area (Å²) in [5.41, 5.74) is -0.527. The highest BCUT2D eigenvalue weighted by molar-refractivity contribution is 5.68. The van der Waals surface area contributed by atoms with E-state index in [4.69, 9.17) is 9.84 Å². The standard InChI is InChI=1S/C16H30N2O4/c1-5-6-7-18-10-12(9-14(19)20)8-13(11-18)17-15(21)22-16(2,3)4/h12-13H,5-11H2,1-4H3,(H,17,21)(H,19,20). The summed E-state index contributed by atoms with van der Waals surface area (Å²) in [5, 5.41) is 11.9. The SMILES string of the molecule is CCCCN1CC(CC(=O)O)CC(NC(=O)OC(C)(C)C)C1. The lowest BCUT2D eigenvalue weighted by molar-refractivity contribution is -0.138. The second kappa shape index (κ2) is 8.36. The quantitative estimate of drug-likeness (QED) is 0.787. The molecule has 1 heterocycles. The highest BCUT2D eigenvalue weighted by Crippen LogP contribution is 2.21. The normalized spacial score (nSPS) is 23.1. The lowest BCUT2D eigenvalue weighted by atomic mass is 9.91. The third kappa shape index (κ3) is 7.64. The van der Waals surface area contributed by atoms with Crippen molar-refractivity contribution in [2.75, 3.05) is 19.6 Å². The van der Waals surface area contributed by atoms with Crippen LogP contribution in [-0.2, 0) is 9.53 Å². The van der Waals surface area contributed by atoms with E-state index in [0.29, 0.717) is 6.42 Å². The van der Waals surface area contributed by atoms with Gasteiger partial charge in [0.15, 0.2) is 0 Å². The molecular formula is C16H30N2O4. The van der Waals surface area contributed by atoms with Crippen molar-refractivity contribution in [2.45, 2.75) is 65.0 Å². The summed E-state index contributed by atoms with van der Waals surface area (Å²) in [4.78, 5) is 25.1. The van der Waals surface area contributed by atoms with Crippen molar-refractivity contribution in [1.82, 2.24) is 10.2 Å². The Morgan fingerprint density at radius 2 is 2.00 bits per heavy atom. The first kappa shape index (κ1) is 18.7. The lowest BCUT2D eigenvalue weighted by Gasteiger charge is -2.37. The number of carbonyl (C=O) groups excluding carboxylic acids is 1. The van der Waals surface area contributed by atoms with Crippen LogP contribution in [-0.4, -0.2) is 53.3 Å². The van der Waals surface area contributed by atoms with Crippen LogP contribution in [0.4, 0.5) is 4.79 Å². The first-order valence-electron chi connectivity index (χ1n) is 8.13. The molecule has 2 atom stereocenters. The molecule has 0 aromatic rings. The van der Waals surface area contributed by atoms with Gasteiger partial charge in [-0.1, -0.05) is 13.3 Å². The fraction of sp³-hybridized carbons (Fsp3) is 0.875. The molecule has 1 aliphatic rings. The zero-order valence-electron chi connectivity index (χ0n) is 14.2. The lowest BCUT2D eigenvalue weighted by Crippen LogP contribution is -2.52. The van der Waals surface area contributed by atoms with Gasteiger partial charge >= 0.3 is 12.1 Å². The van der Waals surface area contributed by atoms with Gasteiger partial charge in [-0.2, -0.15) is 0 Å².